The molecule has 0 bridgehead atoms. The van der Waals surface area contributed by atoms with Crippen LogP contribution in [0.4, 0.5) is 0 Å². The first-order valence-corrected chi connectivity index (χ1v) is 5.40. The molecule has 17 heavy (non-hydrogen) atoms. The Morgan fingerprint density at radius 1 is 1.29 bits per heavy atom. The molecule has 90 valence electrons. The van der Waals surface area contributed by atoms with Crippen molar-refractivity contribution in [1.82, 2.24) is 15.5 Å². The summed E-state index contributed by atoms with van der Waals surface area (Å²) in [6.45, 7) is 1.96. The zero-order chi connectivity index (χ0) is 12.3. The number of benzene rings is 1. The smallest absolute Gasteiger partial charge is 0.251 e. The number of hydrogen-bond acceptors (Lipinski definition) is 5. The van der Waals surface area contributed by atoms with Crippen LogP contribution in [0.1, 0.15) is 18.9 Å². The molecule has 1 heterocycles. The number of nitrogens with zero attached hydrogens (tertiary/aromatic N) is 2. The van der Waals surface area contributed by atoms with Gasteiger partial charge in [0.05, 0.1) is 18.7 Å². The summed E-state index contributed by atoms with van der Waals surface area (Å²) in [6.07, 6.45) is 0. The van der Waals surface area contributed by atoms with Crippen LogP contribution in [0, 0.1) is 0 Å². The van der Waals surface area contributed by atoms with Gasteiger partial charge < -0.3 is 14.5 Å². The lowest BCUT2D eigenvalue weighted by Gasteiger charge is -2.04. The lowest BCUT2D eigenvalue weighted by Crippen LogP contribution is -2.12. The summed E-state index contributed by atoms with van der Waals surface area (Å²) in [7, 11) is 3.46. The Morgan fingerprint density at radius 3 is 2.76 bits per heavy atom. The van der Waals surface area contributed by atoms with Crippen LogP contribution in [0.15, 0.2) is 28.7 Å². The summed E-state index contributed by atoms with van der Waals surface area (Å²) in [4.78, 5) is 0. The average molecular weight is 233 g/mol. The van der Waals surface area contributed by atoms with Crippen LogP contribution in [-0.4, -0.2) is 24.4 Å². The number of para-hydroxylation sites is 1. The van der Waals surface area contributed by atoms with Gasteiger partial charge in [0.15, 0.2) is 0 Å². The van der Waals surface area contributed by atoms with Crippen LogP contribution < -0.4 is 10.1 Å². The third-order valence-corrected chi connectivity index (χ3v) is 2.58. The SMILES string of the molecule is CNC(C)c1nnc(-c2ccccc2OC)o1. The molecule has 0 aliphatic rings. The first-order valence-electron chi connectivity index (χ1n) is 5.40. The van der Waals surface area contributed by atoms with Gasteiger partial charge in [0, 0.05) is 0 Å². The zero-order valence-corrected chi connectivity index (χ0v) is 10.1. The van der Waals surface area contributed by atoms with Gasteiger partial charge in [0.1, 0.15) is 5.75 Å². The molecule has 1 N–H and O–H groups in total. The van der Waals surface area contributed by atoms with Crippen LogP contribution in [0.2, 0.25) is 0 Å². The van der Waals surface area contributed by atoms with Gasteiger partial charge in [0.2, 0.25) is 5.89 Å². The number of ether oxygens (including phenoxy) is 1. The van der Waals surface area contributed by atoms with Crippen molar-refractivity contribution in [1.29, 1.82) is 0 Å². The molecule has 1 unspecified atom stereocenters. The molecule has 0 aliphatic carbocycles. The lowest BCUT2D eigenvalue weighted by molar-refractivity contribution is 0.410. The molecule has 1 atom stereocenters. The predicted molar refractivity (Wildman–Crippen MR) is 63.8 cm³/mol. The van der Waals surface area contributed by atoms with E-state index in [9.17, 15) is 0 Å². The highest BCUT2D eigenvalue weighted by Crippen LogP contribution is 2.29. The number of rotatable bonds is 4. The molecular weight excluding hydrogens is 218 g/mol. The van der Waals surface area contributed by atoms with Gasteiger partial charge in [0.25, 0.3) is 5.89 Å². The molecule has 0 saturated heterocycles. The van der Waals surface area contributed by atoms with Gasteiger partial charge in [-0.15, -0.1) is 10.2 Å². The van der Waals surface area contributed by atoms with Crippen molar-refractivity contribution >= 4 is 0 Å². The van der Waals surface area contributed by atoms with E-state index in [2.05, 4.69) is 15.5 Å². The molecule has 2 rings (SSSR count). The summed E-state index contributed by atoms with van der Waals surface area (Å²) in [5, 5.41) is 11.1. The second-order valence-electron chi connectivity index (χ2n) is 3.66. The van der Waals surface area contributed by atoms with E-state index < -0.39 is 0 Å². The van der Waals surface area contributed by atoms with E-state index in [1.54, 1.807) is 7.11 Å². The van der Waals surface area contributed by atoms with Gasteiger partial charge in [-0.3, -0.25) is 0 Å². The van der Waals surface area contributed by atoms with Gasteiger partial charge in [-0.25, -0.2) is 0 Å². The Bertz CT molecular complexity index is 496. The zero-order valence-electron chi connectivity index (χ0n) is 10.1. The van der Waals surface area contributed by atoms with Gasteiger partial charge in [-0.1, -0.05) is 12.1 Å². The molecule has 0 saturated carbocycles. The maximum atomic E-state index is 5.60. The second-order valence-corrected chi connectivity index (χ2v) is 3.66. The van der Waals surface area contributed by atoms with Gasteiger partial charge >= 0.3 is 0 Å². The largest absolute Gasteiger partial charge is 0.496 e. The Labute approximate surface area is 99.8 Å². The van der Waals surface area contributed by atoms with Crippen LogP contribution in [0.25, 0.3) is 11.5 Å². The van der Waals surface area contributed by atoms with E-state index in [0.717, 1.165) is 11.3 Å². The van der Waals surface area contributed by atoms with E-state index >= 15 is 0 Å². The second kappa shape index (κ2) is 4.97. The summed E-state index contributed by atoms with van der Waals surface area (Å²) in [6, 6.07) is 7.59. The summed E-state index contributed by atoms with van der Waals surface area (Å²) >= 11 is 0. The third kappa shape index (κ3) is 2.29. The van der Waals surface area contributed by atoms with E-state index in [-0.39, 0.29) is 6.04 Å². The lowest BCUT2D eigenvalue weighted by atomic mass is 10.2. The molecule has 1 aromatic heterocycles. The standard InChI is InChI=1S/C12H15N3O2/c1-8(13-2)11-14-15-12(17-11)9-6-4-5-7-10(9)16-3/h4-8,13H,1-3H3. The molecule has 5 heteroatoms. The molecule has 0 aliphatic heterocycles. The number of methoxy groups -OCH3 is 1. The predicted octanol–water partition coefficient (Wildman–Crippen LogP) is 2.03. The van der Waals surface area contributed by atoms with Crippen LogP contribution in [0.5, 0.6) is 5.75 Å². The number of aromatic nitrogens is 2. The third-order valence-electron chi connectivity index (χ3n) is 2.58. The van der Waals surface area contributed by atoms with Crippen LogP contribution in [0.3, 0.4) is 0 Å². The van der Waals surface area contributed by atoms with Crippen LogP contribution >= 0.6 is 0 Å². The Balaban J connectivity index is 2.37. The normalized spacial score (nSPS) is 12.4. The van der Waals surface area contributed by atoms with Crippen molar-refractivity contribution in [3.63, 3.8) is 0 Å². The molecule has 1 aromatic carbocycles. The van der Waals surface area contributed by atoms with E-state index in [4.69, 9.17) is 9.15 Å². The van der Waals surface area contributed by atoms with E-state index in [1.807, 2.05) is 38.2 Å². The fourth-order valence-corrected chi connectivity index (χ4v) is 1.46. The highest BCUT2D eigenvalue weighted by Gasteiger charge is 2.15. The molecular formula is C12H15N3O2. The maximum absolute atomic E-state index is 5.60. The molecule has 5 nitrogen and oxygen atoms in total. The minimum Gasteiger partial charge on any atom is -0.496 e. The van der Waals surface area contributed by atoms with Gasteiger partial charge in [-0.05, 0) is 26.1 Å². The fourth-order valence-electron chi connectivity index (χ4n) is 1.46. The fraction of sp³-hybridized carbons (Fsp3) is 0.333. The maximum Gasteiger partial charge on any atom is 0.251 e. The Kier molecular flexibility index (Phi) is 3.39. The Morgan fingerprint density at radius 2 is 2.06 bits per heavy atom. The first kappa shape index (κ1) is 11.6. The van der Waals surface area contributed by atoms with E-state index in [1.165, 1.54) is 0 Å². The van der Waals surface area contributed by atoms with Gasteiger partial charge in [-0.2, -0.15) is 0 Å². The first-order chi connectivity index (χ1) is 8.26. The highest BCUT2D eigenvalue weighted by molar-refractivity contribution is 5.62. The quantitative estimate of drug-likeness (QED) is 0.875. The topological polar surface area (TPSA) is 60.2 Å². The number of hydrogen-bond donors (Lipinski definition) is 1. The molecule has 0 spiro atoms. The van der Waals surface area contributed by atoms with Crippen molar-refractivity contribution < 1.29 is 9.15 Å². The Hall–Kier alpha value is -1.88. The molecule has 0 fully saturated rings. The van der Waals surface area contributed by atoms with E-state index in [0.29, 0.717) is 11.8 Å². The van der Waals surface area contributed by atoms with Crippen molar-refractivity contribution in [2.45, 2.75) is 13.0 Å². The molecule has 0 amide bonds. The minimum absolute atomic E-state index is 0.0333. The summed E-state index contributed by atoms with van der Waals surface area (Å²) in [5.74, 6) is 1.76. The summed E-state index contributed by atoms with van der Waals surface area (Å²) < 4.78 is 10.9. The molecule has 2 aromatic rings. The van der Waals surface area contributed by atoms with Crippen molar-refractivity contribution in [3.8, 4) is 17.2 Å². The molecule has 0 radical (unpaired) electrons. The van der Waals surface area contributed by atoms with Crippen LogP contribution in [-0.2, 0) is 0 Å². The highest BCUT2D eigenvalue weighted by atomic mass is 16.5. The van der Waals surface area contributed by atoms with Crippen molar-refractivity contribution in [2.75, 3.05) is 14.2 Å². The van der Waals surface area contributed by atoms with Crippen molar-refractivity contribution in [3.05, 3.63) is 30.2 Å². The summed E-state index contributed by atoms with van der Waals surface area (Å²) in [5.41, 5.74) is 0.803. The number of nitrogens with one attached hydrogen (secondary N) is 1. The minimum atomic E-state index is 0.0333. The van der Waals surface area contributed by atoms with Crippen molar-refractivity contribution in [2.24, 2.45) is 0 Å². The average Bonchev–Trinajstić information content (AvgIpc) is 2.87. The monoisotopic (exact) mass is 233 g/mol.